The molecule has 2 aromatic rings. The van der Waals surface area contributed by atoms with Gasteiger partial charge in [0.05, 0.1) is 5.69 Å². The molecule has 1 atom stereocenters. The number of carbonyl (C=O) groups is 4. The zero-order chi connectivity index (χ0) is 27.4. The summed E-state index contributed by atoms with van der Waals surface area (Å²) in [6.45, 7) is 3.22. The van der Waals surface area contributed by atoms with Gasteiger partial charge in [0.25, 0.3) is 5.91 Å². The lowest BCUT2D eigenvalue weighted by atomic mass is 10.0. The molecule has 3 aliphatic rings. The van der Waals surface area contributed by atoms with Gasteiger partial charge in [0.15, 0.2) is 0 Å². The van der Waals surface area contributed by atoms with Crippen LogP contribution in [0, 0.1) is 0 Å². The number of unbranched alkanes of at least 4 members (excludes halogenated alkanes) is 5. The van der Waals surface area contributed by atoms with Crippen LogP contribution in [0.4, 0.5) is 11.4 Å². The number of nitrogens with one attached hydrogen (secondary N) is 2. The van der Waals surface area contributed by atoms with Gasteiger partial charge in [0.1, 0.15) is 6.04 Å². The highest BCUT2D eigenvalue weighted by molar-refractivity contribution is 6.28. The number of hydrogen-bond donors (Lipinski definition) is 3. The summed E-state index contributed by atoms with van der Waals surface area (Å²) in [6.07, 6.45) is 9.40. The fourth-order valence-electron chi connectivity index (χ4n) is 6.21. The zero-order valence-corrected chi connectivity index (χ0v) is 22.4. The van der Waals surface area contributed by atoms with E-state index in [4.69, 9.17) is 5.11 Å². The van der Waals surface area contributed by atoms with Crippen LogP contribution in [0.2, 0.25) is 0 Å². The first-order valence-electron chi connectivity index (χ1n) is 14.4. The molecule has 3 N–H and O–H groups in total. The number of benzene rings is 2. The number of hydrogen-bond acceptors (Lipinski definition) is 6. The van der Waals surface area contributed by atoms with Gasteiger partial charge in [-0.15, -0.1) is 0 Å². The van der Waals surface area contributed by atoms with E-state index in [1.54, 1.807) is 4.90 Å². The highest BCUT2D eigenvalue weighted by atomic mass is 16.4. The van der Waals surface area contributed by atoms with E-state index in [0.717, 1.165) is 73.9 Å². The van der Waals surface area contributed by atoms with Crippen LogP contribution in [0.15, 0.2) is 30.3 Å². The maximum Gasteiger partial charge on any atom is 0.303 e. The molecule has 0 aliphatic carbocycles. The Kier molecular flexibility index (Phi) is 8.45. The van der Waals surface area contributed by atoms with Crippen molar-refractivity contribution in [1.82, 2.24) is 10.2 Å². The maximum atomic E-state index is 13.4. The molecule has 0 radical (unpaired) electrons. The van der Waals surface area contributed by atoms with E-state index in [1.165, 1.54) is 19.3 Å². The second-order valence-corrected chi connectivity index (χ2v) is 11.0. The summed E-state index contributed by atoms with van der Waals surface area (Å²) in [5.74, 6) is -1.59. The molecule has 9 nitrogen and oxygen atoms in total. The molecule has 208 valence electrons. The average molecular weight is 535 g/mol. The Morgan fingerprint density at radius 3 is 2.44 bits per heavy atom. The van der Waals surface area contributed by atoms with Crippen molar-refractivity contribution in [2.45, 2.75) is 82.7 Å². The van der Waals surface area contributed by atoms with Crippen molar-refractivity contribution < 1.29 is 24.3 Å². The van der Waals surface area contributed by atoms with Crippen molar-refractivity contribution in [3.05, 3.63) is 35.9 Å². The van der Waals surface area contributed by atoms with Crippen LogP contribution >= 0.6 is 0 Å². The van der Waals surface area contributed by atoms with Crippen LogP contribution in [0.3, 0.4) is 0 Å². The Balaban J connectivity index is 1.14. The van der Waals surface area contributed by atoms with Gasteiger partial charge in [0.2, 0.25) is 11.8 Å². The second kappa shape index (κ2) is 12.2. The third-order valence-electron chi connectivity index (χ3n) is 8.31. The molecule has 3 heterocycles. The number of rotatable bonds is 12. The minimum Gasteiger partial charge on any atom is -0.481 e. The number of imide groups is 1. The molecule has 0 spiro atoms. The molecule has 39 heavy (non-hydrogen) atoms. The van der Waals surface area contributed by atoms with Crippen molar-refractivity contribution in [2.24, 2.45) is 0 Å². The summed E-state index contributed by atoms with van der Waals surface area (Å²) < 4.78 is 0. The summed E-state index contributed by atoms with van der Waals surface area (Å²) >= 11 is 0. The topological polar surface area (TPSA) is 119 Å². The van der Waals surface area contributed by atoms with Gasteiger partial charge in [-0.25, -0.2) is 0 Å². The van der Waals surface area contributed by atoms with Crippen molar-refractivity contribution >= 4 is 45.8 Å². The fourth-order valence-corrected chi connectivity index (χ4v) is 6.21. The Morgan fingerprint density at radius 2 is 1.69 bits per heavy atom. The van der Waals surface area contributed by atoms with Gasteiger partial charge in [-0.05, 0) is 56.8 Å². The van der Waals surface area contributed by atoms with E-state index in [1.807, 2.05) is 30.3 Å². The van der Waals surface area contributed by atoms with Crippen molar-refractivity contribution in [3.63, 3.8) is 0 Å². The fraction of sp³-hybridized carbons (Fsp3) is 0.533. The number of carboxylic acid groups (broad SMARTS) is 1. The Morgan fingerprint density at radius 1 is 0.949 bits per heavy atom. The highest BCUT2D eigenvalue weighted by Crippen LogP contribution is 2.42. The summed E-state index contributed by atoms with van der Waals surface area (Å²) in [4.78, 5) is 52.2. The molecule has 2 fully saturated rings. The SMILES string of the molecule is O=C(O)CCCCCCCCN1CCC(Nc2ccc3c4c(cccc24)C(=O)N3C2CCC(=O)NC2=O)CC1. The summed E-state index contributed by atoms with van der Waals surface area (Å²) in [5, 5.41) is 16.7. The molecule has 0 bridgehead atoms. The number of amides is 3. The Hall–Kier alpha value is -3.46. The summed E-state index contributed by atoms with van der Waals surface area (Å²) in [6, 6.07) is 9.37. The molecule has 2 aromatic carbocycles. The number of likely N-dealkylation sites (tertiary alicyclic amines) is 1. The van der Waals surface area contributed by atoms with Gasteiger partial charge >= 0.3 is 5.97 Å². The van der Waals surface area contributed by atoms with Crippen LogP contribution in [0.1, 0.15) is 81.0 Å². The highest BCUT2D eigenvalue weighted by Gasteiger charge is 2.41. The molecular weight excluding hydrogens is 496 g/mol. The van der Waals surface area contributed by atoms with Gasteiger partial charge in [-0.1, -0.05) is 37.8 Å². The van der Waals surface area contributed by atoms with Gasteiger partial charge < -0.3 is 15.3 Å². The standard InChI is InChI=1S/C30H38N4O5/c35-26-14-13-25(29(38)32-26)34-24-12-11-23(21-8-7-9-22(28(21)24)30(34)39)31-20-15-18-33(19-16-20)17-6-4-2-1-3-5-10-27(36)37/h7-9,11-12,20,25,31H,1-6,10,13-19H2,(H,36,37)(H,32,35,38). The van der Waals surface area contributed by atoms with Gasteiger partial charge in [0, 0.05) is 54.0 Å². The predicted octanol–water partition coefficient (Wildman–Crippen LogP) is 4.30. The molecule has 3 amide bonds. The molecule has 0 saturated carbocycles. The van der Waals surface area contributed by atoms with E-state index in [-0.39, 0.29) is 24.7 Å². The van der Waals surface area contributed by atoms with Gasteiger partial charge in [-0.2, -0.15) is 0 Å². The Bertz CT molecular complexity index is 1250. The van der Waals surface area contributed by atoms with E-state index < -0.39 is 17.9 Å². The lowest BCUT2D eigenvalue weighted by Gasteiger charge is -2.33. The maximum absolute atomic E-state index is 13.4. The third kappa shape index (κ3) is 6.08. The summed E-state index contributed by atoms with van der Waals surface area (Å²) in [5.41, 5.74) is 2.35. The number of piperidine rings is 2. The average Bonchev–Trinajstić information content (AvgIpc) is 3.20. The largest absolute Gasteiger partial charge is 0.481 e. The lowest BCUT2D eigenvalue weighted by molar-refractivity contribution is -0.137. The van der Waals surface area contributed by atoms with E-state index in [0.29, 0.717) is 18.0 Å². The van der Waals surface area contributed by atoms with E-state index in [2.05, 4.69) is 15.5 Å². The van der Waals surface area contributed by atoms with E-state index >= 15 is 0 Å². The van der Waals surface area contributed by atoms with Crippen molar-refractivity contribution in [3.8, 4) is 0 Å². The minimum absolute atomic E-state index is 0.184. The molecule has 5 rings (SSSR count). The van der Waals surface area contributed by atoms with Crippen LogP contribution in [0.5, 0.6) is 0 Å². The van der Waals surface area contributed by atoms with Crippen LogP contribution in [-0.2, 0) is 14.4 Å². The molecule has 2 saturated heterocycles. The van der Waals surface area contributed by atoms with Crippen LogP contribution in [-0.4, -0.2) is 65.4 Å². The van der Waals surface area contributed by atoms with E-state index in [9.17, 15) is 19.2 Å². The Labute approximate surface area is 228 Å². The van der Waals surface area contributed by atoms with Crippen molar-refractivity contribution in [2.75, 3.05) is 29.9 Å². The second-order valence-electron chi connectivity index (χ2n) is 11.0. The quantitative estimate of drug-likeness (QED) is 0.274. The molecule has 9 heteroatoms. The first-order chi connectivity index (χ1) is 18.9. The first kappa shape index (κ1) is 27.1. The predicted molar refractivity (Wildman–Crippen MR) is 150 cm³/mol. The first-order valence-corrected chi connectivity index (χ1v) is 14.4. The molecule has 1 unspecified atom stereocenters. The minimum atomic E-state index is -0.701. The number of nitrogens with zero attached hydrogens (tertiary/aromatic N) is 2. The van der Waals surface area contributed by atoms with Gasteiger partial charge in [-0.3, -0.25) is 29.4 Å². The monoisotopic (exact) mass is 534 g/mol. The van der Waals surface area contributed by atoms with Crippen LogP contribution in [0.25, 0.3) is 10.8 Å². The van der Waals surface area contributed by atoms with Crippen LogP contribution < -0.4 is 15.5 Å². The normalized spacial score (nSPS) is 20.1. The van der Waals surface area contributed by atoms with Crippen molar-refractivity contribution in [1.29, 1.82) is 0 Å². The smallest absolute Gasteiger partial charge is 0.303 e. The number of carbonyl (C=O) groups excluding carboxylic acids is 3. The molecular formula is C30H38N4O5. The third-order valence-corrected chi connectivity index (χ3v) is 8.31. The number of anilines is 2. The number of carboxylic acids is 1. The zero-order valence-electron chi connectivity index (χ0n) is 22.4. The lowest BCUT2D eigenvalue weighted by Crippen LogP contribution is -2.53. The molecule has 0 aromatic heterocycles. The summed E-state index contributed by atoms with van der Waals surface area (Å²) in [7, 11) is 0. The molecule has 3 aliphatic heterocycles. The number of aliphatic carboxylic acids is 1.